The molecule has 0 unspecified atom stereocenters. The molecule has 21 heavy (non-hydrogen) atoms. The second kappa shape index (κ2) is 6.67. The van der Waals surface area contributed by atoms with E-state index in [4.69, 9.17) is 11.6 Å². The lowest BCUT2D eigenvalue weighted by Crippen LogP contribution is -2.28. The van der Waals surface area contributed by atoms with Crippen molar-refractivity contribution in [3.05, 3.63) is 52.2 Å². The van der Waals surface area contributed by atoms with Crippen LogP contribution in [0, 0.1) is 12.1 Å². The van der Waals surface area contributed by atoms with Crippen LogP contribution in [0.25, 0.3) is 5.57 Å². The van der Waals surface area contributed by atoms with Crippen LogP contribution in [0.2, 0.25) is 5.02 Å². The molecule has 1 saturated carbocycles. The van der Waals surface area contributed by atoms with Gasteiger partial charge in [-0.05, 0) is 60.6 Å². The van der Waals surface area contributed by atoms with Crippen LogP contribution in [0.1, 0.15) is 31.7 Å². The smallest absolute Gasteiger partial charge is 0.0667 e. The number of rotatable bonds is 6. The van der Waals surface area contributed by atoms with Gasteiger partial charge in [-0.15, -0.1) is 0 Å². The summed E-state index contributed by atoms with van der Waals surface area (Å²) in [4.78, 5) is 0. The van der Waals surface area contributed by atoms with E-state index in [9.17, 15) is 0 Å². The van der Waals surface area contributed by atoms with Crippen LogP contribution in [0.4, 0.5) is 0 Å². The molecule has 0 saturated heterocycles. The van der Waals surface area contributed by atoms with E-state index < -0.39 is 0 Å². The number of halogens is 1. The molecule has 1 aliphatic heterocycles. The molecule has 111 valence electrons. The minimum absolute atomic E-state index is 0.715. The highest BCUT2D eigenvalue weighted by Gasteiger charge is 2.32. The van der Waals surface area contributed by atoms with Crippen LogP contribution in [-0.2, 0) is 0 Å². The Morgan fingerprint density at radius 1 is 1.38 bits per heavy atom. The van der Waals surface area contributed by atoms with Gasteiger partial charge in [-0.2, -0.15) is 0 Å². The molecular formula is C18H22ClN2. The Hall–Kier alpha value is -1.25. The van der Waals surface area contributed by atoms with Gasteiger partial charge in [0.2, 0.25) is 0 Å². The molecule has 0 atom stereocenters. The molecule has 3 heteroatoms. The predicted molar refractivity (Wildman–Crippen MR) is 89.0 cm³/mol. The minimum Gasteiger partial charge on any atom is -0.379 e. The van der Waals surface area contributed by atoms with E-state index in [2.05, 4.69) is 29.8 Å². The molecule has 2 aliphatic rings. The molecule has 1 heterocycles. The maximum absolute atomic E-state index is 6.16. The third kappa shape index (κ3) is 3.50. The van der Waals surface area contributed by atoms with E-state index in [1.807, 2.05) is 18.2 Å². The molecule has 2 nitrogen and oxygen atoms in total. The van der Waals surface area contributed by atoms with Gasteiger partial charge in [0.15, 0.2) is 0 Å². The Labute approximate surface area is 132 Å². The number of hydrogen-bond acceptors (Lipinski definition) is 2. The monoisotopic (exact) mass is 301 g/mol. The van der Waals surface area contributed by atoms with Gasteiger partial charge in [0.1, 0.15) is 0 Å². The fraction of sp³-hybridized carbons (Fsp3) is 0.444. The van der Waals surface area contributed by atoms with Crippen molar-refractivity contribution in [3.63, 3.8) is 0 Å². The highest BCUT2D eigenvalue weighted by atomic mass is 35.5. The van der Waals surface area contributed by atoms with Crippen LogP contribution in [0.15, 0.2) is 35.4 Å². The van der Waals surface area contributed by atoms with Gasteiger partial charge in [0, 0.05) is 23.7 Å². The van der Waals surface area contributed by atoms with E-state index >= 15 is 0 Å². The molecule has 0 amide bonds. The third-order valence-corrected chi connectivity index (χ3v) is 4.26. The Balaban J connectivity index is 1.89. The topological polar surface area (TPSA) is 24.1 Å². The summed E-state index contributed by atoms with van der Waals surface area (Å²) in [5.41, 5.74) is 5.36. The number of benzene rings is 1. The number of nitrogens with one attached hydrogen (secondary N) is 2. The SMILES string of the molecule is CCCNCC1=C(C2CC2)C(c2cccc(Cl)c2)=[C]NC1. The van der Waals surface area contributed by atoms with E-state index in [-0.39, 0.29) is 0 Å². The summed E-state index contributed by atoms with van der Waals surface area (Å²) in [5.74, 6) is 0.715. The van der Waals surface area contributed by atoms with Crippen molar-refractivity contribution in [2.24, 2.45) is 5.92 Å². The summed E-state index contributed by atoms with van der Waals surface area (Å²) < 4.78 is 0. The maximum Gasteiger partial charge on any atom is 0.0667 e. The average Bonchev–Trinajstić information content (AvgIpc) is 3.32. The fourth-order valence-corrected chi connectivity index (χ4v) is 3.08. The Morgan fingerprint density at radius 2 is 2.24 bits per heavy atom. The molecule has 1 radical (unpaired) electrons. The first-order valence-electron chi connectivity index (χ1n) is 7.84. The molecule has 0 bridgehead atoms. The first kappa shape index (κ1) is 14.7. The van der Waals surface area contributed by atoms with Crippen molar-refractivity contribution in [1.82, 2.24) is 10.6 Å². The van der Waals surface area contributed by atoms with Crippen LogP contribution in [-0.4, -0.2) is 19.6 Å². The summed E-state index contributed by atoms with van der Waals surface area (Å²) in [6, 6.07) is 8.10. The summed E-state index contributed by atoms with van der Waals surface area (Å²) >= 11 is 6.16. The lowest BCUT2D eigenvalue weighted by atomic mass is 9.89. The molecule has 3 rings (SSSR count). The molecule has 1 aromatic rings. The number of hydrogen-bond donors (Lipinski definition) is 2. The molecule has 1 aromatic carbocycles. The first-order valence-corrected chi connectivity index (χ1v) is 8.22. The van der Waals surface area contributed by atoms with Crippen molar-refractivity contribution in [2.45, 2.75) is 26.2 Å². The van der Waals surface area contributed by atoms with E-state index in [0.29, 0.717) is 5.92 Å². The molecular weight excluding hydrogens is 280 g/mol. The standard InChI is InChI=1S/C18H22ClN2/c1-2-8-20-10-15-11-21-12-17(18(15)13-6-7-13)14-4-3-5-16(19)9-14/h3-5,9,13,20-21H,2,6-8,10-11H2,1H3. The highest BCUT2D eigenvalue weighted by molar-refractivity contribution is 6.30. The van der Waals surface area contributed by atoms with Crippen molar-refractivity contribution >= 4 is 17.2 Å². The van der Waals surface area contributed by atoms with Gasteiger partial charge in [-0.1, -0.05) is 30.7 Å². The first-order chi connectivity index (χ1) is 10.3. The minimum atomic E-state index is 0.715. The average molecular weight is 302 g/mol. The molecule has 2 N–H and O–H groups in total. The zero-order chi connectivity index (χ0) is 14.7. The normalized spacial score (nSPS) is 18.5. The van der Waals surface area contributed by atoms with Crippen LogP contribution in [0.5, 0.6) is 0 Å². The molecule has 0 spiro atoms. The van der Waals surface area contributed by atoms with Crippen molar-refractivity contribution < 1.29 is 0 Å². The molecule has 1 fully saturated rings. The Morgan fingerprint density at radius 3 is 2.95 bits per heavy atom. The lowest BCUT2D eigenvalue weighted by Gasteiger charge is -2.23. The quantitative estimate of drug-likeness (QED) is 0.781. The van der Waals surface area contributed by atoms with E-state index in [1.165, 1.54) is 41.5 Å². The number of dihydropyridines is 1. The van der Waals surface area contributed by atoms with Crippen LogP contribution < -0.4 is 10.6 Å². The van der Waals surface area contributed by atoms with Gasteiger partial charge < -0.3 is 10.6 Å². The Bertz CT molecular complexity index is 570. The summed E-state index contributed by atoms with van der Waals surface area (Å²) in [6.45, 7) is 5.15. The highest BCUT2D eigenvalue weighted by Crippen LogP contribution is 2.45. The van der Waals surface area contributed by atoms with Gasteiger partial charge in [0.25, 0.3) is 0 Å². The van der Waals surface area contributed by atoms with Gasteiger partial charge in [-0.25, -0.2) is 0 Å². The van der Waals surface area contributed by atoms with Crippen molar-refractivity contribution in [1.29, 1.82) is 0 Å². The zero-order valence-corrected chi connectivity index (χ0v) is 13.3. The third-order valence-electron chi connectivity index (χ3n) is 4.03. The van der Waals surface area contributed by atoms with Gasteiger partial charge in [-0.3, -0.25) is 0 Å². The van der Waals surface area contributed by atoms with Crippen LogP contribution in [0.3, 0.4) is 0 Å². The summed E-state index contributed by atoms with van der Waals surface area (Å²) in [7, 11) is 0. The van der Waals surface area contributed by atoms with Gasteiger partial charge in [0.05, 0.1) is 6.20 Å². The van der Waals surface area contributed by atoms with Crippen molar-refractivity contribution in [2.75, 3.05) is 19.6 Å². The molecule has 0 aromatic heterocycles. The van der Waals surface area contributed by atoms with Crippen LogP contribution >= 0.6 is 11.6 Å². The summed E-state index contributed by atoms with van der Waals surface area (Å²) in [5, 5.41) is 7.64. The predicted octanol–water partition coefficient (Wildman–Crippen LogP) is 3.79. The fourth-order valence-electron chi connectivity index (χ4n) is 2.89. The van der Waals surface area contributed by atoms with E-state index in [1.54, 1.807) is 0 Å². The molecule has 1 aliphatic carbocycles. The lowest BCUT2D eigenvalue weighted by molar-refractivity contribution is 0.686. The second-order valence-corrected chi connectivity index (χ2v) is 6.27. The maximum atomic E-state index is 6.16. The van der Waals surface area contributed by atoms with Crippen molar-refractivity contribution in [3.8, 4) is 0 Å². The largest absolute Gasteiger partial charge is 0.379 e. The van der Waals surface area contributed by atoms with E-state index in [0.717, 1.165) is 24.7 Å². The van der Waals surface area contributed by atoms with Gasteiger partial charge >= 0.3 is 0 Å². The second-order valence-electron chi connectivity index (χ2n) is 5.83. The zero-order valence-electron chi connectivity index (χ0n) is 12.5. The Kier molecular flexibility index (Phi) is 4.67. The number of allylic oxidation sites excluding steroid dienone is 2. The summed E-state index contributed by atoms with van der Waals surface area (Å²) in [6.07, 6.45) is 7.15.